The van der Waals surface area contributed by atoms with Crippen molar-refractivity contribution >= 4 is 21.1 Å². The van der Waals surface area contributed by atoms with Gasteiger partial charge in [-0.1, -0.05) is 20.3 Å². The molecule has 174 valence electrons. The first kappa shape index (κ1) is 23.9. The molecule has 2 heterocycles. The van der Waals surface area contributed by atoms with Crippen LogP contribution >= 0.6 is 0 Å². The molecule has 32 heavy (non-hydrogen) atoms. The number of nitrogens with one attached hydrogen (secondary N) is 2. The zero-order chi connectivity index (χ0) is 23.5. The Bertz CT molecular complexity index is 1270. The van der Waals surface area contributed by atoms with Gasteiger partial charge in [-0.25, -0.2) is 18.1 Å². The molecule has 11 heteroatoms. The van der Waals surface area contributed by atoms with Gasteiger partial charge < -0.3 is 14.8 Å². The van der Waals surface area contributed by atoms with Gasteiger partial charge in [0.15, 0.2) is 5.52 Å². The van der Waals surface area contributed by atoms with E-state index < -0.39 is 16.1 Å². The quantitative estimate of drug-likeness (QED) is 0.416. The molecular formula is C21H29N5O5S. The van der Waals surface area contributed by atoms with Gasteiger partial charge in [0.05, 0.1) is 29.4 Å². The average molecular weight is 464 g/mol. The lowest BCUT2D eigenvalue weighted by Crippen LogP contribution is -2.35. The van der Waals surface area contributed by atoms with Crippen LogP contribution in [0.3, 0.4) is 0 Å². The number of aromatic nitrogens is 4. The molecule has 1 aromatic carbocycles. The van der Waals surface area contributed by atoms with E-state index in [2.05, 4.69) is 19.8 Å². The van der Waals surface area contributed by atoms with Crippen molar-refractivity contribution in [1.29, 1.82) is 0 Å². The van der Waals surface area contributed by atoms with Gasteiger partial charge in [0.1, 0.15) is 17.1 Å². The minimum atomic E-state index is -3.91. The number of fused-ring (bicyclic) bond motifs is 1. The number of benzene rings is 1. The number of ether oxygens (including phenoxy) is 1. The van der Waals surface area contributed by atoms with Gasteiger partial charge >= 0.3 is 0 Å². The number of nitrogens with zero attached hydrogens (tertiary/aromatic N) is 3. The van der Waals surface area contributed by atoms with Crippen LogP contribution < -0.4 is 15.0 Å². The Labute approximate surface area is 186 Å². The highest BCUT2D eigenvalue weighted by Gasteiger charge is 2.22. The first-order chi connectivity index (χ1) is 15.2. The Balaban J connectivity index is 2.21. The number of hydrogen-bond acceptors (Lipinski definition) is 7. The van der Waals surface area contributed by atoms with E-state index in [1.807, 2.05) is 13.8 Å². The second-order valence-corrected chi connectivity index (χ2v) is 9.36. The number of H-pyrrole nitrogens is 1. The highest BCUT2D eigenvalue weighted by Crippen LogP contribution is 2.31. The molecule has 10 nitrogen and oxygen atoms in total. The van der Waals surface area contributed by atoms with E-state index in [0.29, 0.717) is 41.1 Å². The molecule has 0 fully saturated rings. The average Bonchev–Trinajstić information content (AvgIpc) is 3.07. The Morgan fingerprint density at radius 1 is 1.28 bits per heavy atom. The Kier molecular flexibility index (Phi) is 7.32. The van der Waals surface area contributed by atoms with Crippen molar-refractivity contribution in [2.75, 3.05) is 13.2 Å². The normalized spacial score (nSPS) is 12.9. The van der Waals surface area contributed by atoms with Crippen molar-refractivity contribution in [3.8, 4) is 17.1 Å². The third kappa shape index (κ3) is 4.84. The molecule has 0 radical (unpaired) electrons. The topological polar surface area (TPSA) is 139 Å². The number of hydrogen-bond donors (Lipinski definition) is 3. The maximum Gasteiger partial charge on any atom is 0.277 e. The first-order valence-electron chi connectivity index (χ1n) is 10.6. The summed E-state index contributed by atoms with van der Waals surface area (Å²) in [4.78, 5) is 20.2. The van der Waals surface area contributed by atoms with Crippen molar-refractivity contribution in [1.82, 2.24) is 24.5 Å². The maximum absolute atomic E-state index is 12.8. The Hall–Kier alpha value is -2.76. The molecule has 0 saturated heterocycles. The zero-order valence-corrected chi connectivity index (χ0v) is 19.5. The molecule has 3 aromatic rings. The van der Waals surface area contributed by atoms with E-state index in [9.17, 15) is 18.3 Å². The molecule has 1 atom stereocenters. The van der Waals surface area contributed by atoms with E-state index in [-0.39, 0.29) is 22.9 Å². The molecule has 3 rings (SSSR count). The molecule has 0 saturated carbocycles. The predicted octanol–water partition coefficient (Wildman–Crippen LogP) is 1.72. The number of rotatable bonds is 10. The van der Waals surface area contributed by atoms with Gasteiger partial charge in [0, 0.05) is 13.1 Å². The number of aromatic amines is 1. The Morgan fingerprint density at radius 2 is 2.03 bits per heavy atom. The van der Waals surface area contributed by atoms with Crippen LogP contribution in [0.2, 0.25) is 0 Å². The summed E-state index contributed by atoms with van der Waals surface area (Å²) < 4.78 is 35.2. The number of sulfonamides is 1. The fourth-order valence-corrected chi connectivity index (χ4v) is 4.61. The minimum Gasteiger partial charge on any atom is -0.493 e. The molecule has 1 unspecified atom stereocenters. The summed E-state index contributed by atoms with van der Waals surface area (Å²) in [7, 11) is -2.22. The second-order valence-electron chi connectivity index (χ2n) is 7.64. The zero-order valence-electron chi connectivity index (χ0n) is 18.7. The van der Waals surface area contributed by atoms with E-state index in [1.54, 1.807) is 20.0 Å². The molecule has 2 aromatic heterocycles. The largest absolute Gasteiger partial charge is 0.493 e. The van der Waals surface area contributed by atoms with Crippen LogP contribution in [0.5, 0.6) is 5.75 Å². The van der Waals surface area contributed by atoms with E-state index in [4.69, 9.17) is 4.74 Å². The summed E-state index contributed by atoms with van der Waals surface area (Å²) in [5.74, 6) is 0.607. The van der Waals surface area contributed by atoms with Gasteiger partial charge in [0.25, 0.3) is 5.56 Å². The van der Waals surface area contributed by atoms with Gasteiger partial charge in [-0.05, 0) is 38.0 Å². The summed E-state index contributed by atoms with van der Waals surface area (Å²) in [5.41, 5.74) is 1.52. The first-order valence-corrected chi connectivity index (χ1v) is 12.1. The monoisotopic (exact) mass is 463 g/mol. The lowest BCUT2D eigenvalue weighted by molar-refractivity contribution is 0.265. The van der Waals surface area contributed by atoms with Crippen LogP contribution in [0.15, 0.2) is 27.9 Å². The summed E-state index contributed by atoms with van der Waals surface area (Å²) in [6, 6.07) is 3.73. The summed E-state index contributed by atoms with van der Waals surface area (Å²) >= 11 is 0. The molecular weight excluding hydrogens is 434 g/mol. The van der Waals surface area contributed by atoms with Crippen molar-refractivity contribution < 1.29 is 18.3 Å². The molecule has 0 aliphatic heterocycles. The van der Waals surface area contributed by atoms with Gasteiger partial charge in [-0.15, -0.1) is 0 Å². The fourth-order valence-electron chi connectivity index (χ4n) is 3.35. The van der Waals surface area contributed by atoms with Crippen LogP contribution in [0.4, 0.5) is 0 Å². The van der Waals surface area contributed by atoms with Crippen molar-refractivity contribution in [3.63, 3.8) is 0 Å². The smallest absolute Gasteiger partial charge is 0.277 e. The third-order valence-electron chi connectivity index (χ3n) is 4.86. The summed E-state index contributed by atoms with van der Waals surface area (Å²) in [6.45, 7) is 5.61. The minimum absolute atomic E-state index is 0.0284. The second kappa shape index (κ2) is 9.80. The number of aliphatic hydroxyl groups is 1. The van der Waals surface area contributed by atoms with Gasteiger partial charge in [0.2, 0.25) is 10.0 Å². The predicted molar refractivity (Wildman–Crippen MR) is 121 cm³/mol. The molecule has 0 spiro atoms. The molecule has 0 aliphatic rings. The Morgan fingerprint density at radius 3 is 2.69 bits per heavy atom. The van der Waals surface area contributed by atoms with Gasteiger partial charge in [-0.3, -0.25) is 9.48 Å². The lowest BCUT2D eigenvalue weighted by atomic mass is 10.1. The van der Waals surface area contributed by atoms with Crippen LogP contribution in [0.25, 0.3) is 22.4 Å². The van der Waals surface area contributed by atoms with Crippen LogP contribution in [-0.2, 0) is 23.5 Å². The molecule has 0 amide bonds. The van der Waals surface area contributed by atoms with Crippen molar-refractivity contribution in [2.45, 2.75) is 51.0 Å². The standard InChI is InChI=1S/C21H29N5O5S/c1-5-7-16-18-19(26(4)24-16)21(28)23-20(22-18)15-11-14(8-9-17(15)31-10-6-2)32(29,30)25-13(3)12-27/h8-9,11,13,25,27H,5-7,10,12H2,1-4H3,(H,22,23,28). The maximum atomic E-state index is 12.8. The summed E-state index contributed by atoms with van der Waals surface area (Å²) in [6.07, 6.45) is 2.24. The fraction of sp³-hybridized carbons (Fsp3) is 0.476. The molecule has 3 N–H and O–H groups in total. The molecule has 0 bridgehead atoms. The third-order valence-corrected chi connectivity index (χ3v) is 6.44. The van der Waals surface area contributed by atoms with E-state index in [0.717, 1.165) is 12.8 Å². The van der Waals surface area contributed by atoms with E-state index in [1.165, 1.54) is 16.8 Å². The van der Waals surface area contributed by atoms with Crippen molar-refractivity contribution in [3.05, 3.63) is 34.2 Å². The summed E-state index contributed by atoms with van der Waals surface area (Å²) in [5, 5.41) is 13.6. The van der Waals surface area contributed by atoms with Crippen LogP contribution in [-0.4, -0.2) is 52.5 Å². The number of aryl methyl sites for hydroxylation is 2. The SMILES string of the molecule is CCCOc1ccc(S(=O)(=O)NC(C)CO)cc1-c1nc2c(CCC)nn(C)c2c(=O)[nH]1. The van der Waals surface area contributed by atoms with Crippen LogP contribution in [0, 0.1) is 0 Å². The highest BCUT2D eigenvalue weighted by molar-refractivity contribution is 7.89. The van der Waals surface area contributed by atoms with Gasteiger partial charge in [-0.2, -0.15) is 5.10 Å². The highest BCUT2D eigenvalue weighted by atomic mass is 32.2. The van der Waals surface area contributed by atoms with Crippen LogP contribution in [0.1, 0.15) is 39.3 Å². The lowest BCUT2D eigenvalue weighted by Gasteiger charge is -2.15. The number of aliphatic hydroxyl groups excluding tert-OH is 1. The van der Waals surface area contributed by atoms with Crippen molar-refractivity contribution in [2.24, 2.45) is 7.05 Å². The molecule has 0 aliphatic carbocycles. The van der Waals surface area contributed by atoms with E-state index >= 15 is 0 Å².